The van der Waals surface area contributed by atoms with E-state index in [1.807, 2.05) is 0 Å². The second-order valence-corrected chi connectivity index (χ2v) is 23.1. The van der Waals surface area contributed by atoms with Crippen molar-refractivity contribution in [3.63, 3.8) is 0 Å². The largest absolute Gasteiger partial charge is 0.414 e. The van der Waals surface area contributed by atoms with Crippen molar-refractivity contribution in [3.05, 3.63) is 11.6 Å². The standard InChI is InChI=1S/C28H51NO3Si2/c1-20(29-30-4)28(32-34(8,9)10)18-15-25-23-12-11-21-19-22(31-33(5,6)7)13-16-26(21,2)24(23)14-17-27(25,28)3/h11,22-25H,12-19H2,1-10H3/b29-20+. The van der Waals surface area contributed by atoms with E-state index < -0.39 is 16.6 Å². The summed E-state index contributed by atoms with van der Waals surface area (Å²) in [6.45, 7) is 21.3. The molecule has 6 heteroatoms. The first kappa shape index (κ1) is 26.6. The molecule has 7 atom stereocenters. The minimum Gasteiger partial charge on any atom is -0.414 e. The fourth-order valence-corrected chi connectivity index (χ4v) is 11.5. The summed E-state index contributed by atoms with van der Waals surface area (Å²) in [5.41, 5.74) is 2.97. The molecule has 4 aliphatic rings. The molecule has 34 heavy (non-hydrogen) atoms. The summed E-state index contributed by atoms with van der Waals surface area (Å²) in [6, 6.07) is 0. The van der Waals surface area contributed by atoms with Gasteiger partial charge in [-0.3, -0.25) is 0 Å². The van der Waals surface area contributed by atoms with Crippen LogP contribution in [0, 0.1) is 28.6 Å². The number of nitrogens with zero attached hydrogens (tertiary/aromatic N) is 1. The number of allylic oxidation sites excluding steroid dienone is 1. The average molecular weight is 506 g/mol. The van der Waals surface area contributed by atoms with Crippen LogP contribution in [0.2, 0.25) is 39.3 Å². The lowest BCUT2D eigenvalue weighted by molar-refractivity contribution is -0.0866. The highest BCUT2D eigenvalue weighted by molar-refractivity contribution is 6.70. The molecule has 0 radical (unpaired) electrons. The maximum Gasteiger partial charge on any atom is 0.185 e. The van der Waals surface area contributed by atoms with Gasteiger partial charge < -0.3 is 13.7 Å². The molecule has 0 aromatic carbocycles. The molecule has 7 unspecified atom stereocenters. The molecule has 0 aliphatic heterocycles. The highest BCUT2D eigenvalue weighted by Gasteiger charge is 2.66. The van der Waals surface area contributed by atoms with Crippen LogP contribution in [-0.4, -0.2) is 41.2 Å². The van der Waals surface area contributed by atoms with Crippen molar-refractivity contribution in [2.75, 3.05) is 7.11 Å². The first-order valence-corrected chi connectivity index (χ1v) is 20.6. The van der Waals surface area contributed by atoms with Crippen molar-refractivity contribution in [1.29, 1.82) is 0 Å². The second-order valence-electron chi connectivity index (χ2n) is 14.2. The number of rotatable bonds is 6. The highest BCUT2D eigenvalue weighted by atomic mass is 28.4. The van der Waals surface area contributed by atoms with Crippen LogP contribution in [0.25, 0.3) is 0 Å². The lowest BCUT2D eigenvalue weighted by Crippen LogP contribution is -2.60. The van der Waals surface area contributed by atoms with Gasteiger partial charge in [0.2, 0.25) is 0 Å². The lowest BCUT2D eigenvalue weighted by Gasteiger charge is -2.60. The summed E-state index contributed by atoms with van der Waals surface area (Å²) in [6.07, 6.45) is 12.9. The Morgan fingerprint density at radius 1 is 0.941 bits per heavy atom. The third-order valence-corrected chi connectivity index (χ3v) is 12.0. The summed E-state index contributed by atoms with van der Waals surface area (Å²) >= 11 is 0. The van der Waals surface area contributed by atoms with Crippen molar-refractivity contribution in [2.24, 2.45) is 33.7 Å². The van der Waals surface area contributed by atoms with Gasteiger partial charge >= 0.3 is 0 Å². The summed E-state index contributed by atoms with van der Waals surface area (Å²) in [7, 11) is -1.61. The van der Waals surface area contributed by atoms with Crippen LogP contribution < -0.4 is 0 Å². The molecule has 3 fully saturated rings. The minimum atomic E-state index is -1.78. The normalized spacial score (nSPS) is 43.0. The third-order valence-electron chi connectivity index (χ3n) is 9.99. The topological polar surface area (TPSA) is 40.0 Å². The van der Waals surface area contributed by atoms with Gasteiger partial charge in [-0.1, -0.05) is 30.7 Å². The maximum atomic E-state index is 7.15. The van der Waals surface area contributed by atoms with Gasteiger partial charge in [-0.15, -0.1) is 0 Å². The van der Waals surface area contributed by atoms with Gasteiger partial charge in [-0.25, -0.2) is 0 Å². The molecular weight excluding hydrogens is 454 g/mol. The van der Waals surface area contributed by atoms with Crippen LogP contribution in [0.5, 0.6) is 0 Å². The third kappa shape index (κ3) is 4.43. The van der Waals surface area contributed by atoms with Gasteiger partial charge in [0, 0.05) is 11.5 Å². The molecule has 0 heterocycles. The number of hydrogen-bond acceptors (Lipinski definition) is 4. The Hall–Kier alpha value is -0.436. The molecule has 0 N–H and O–H groups in total. The fraction of sp³-hybridized carbons (Fsp3) is 0.893. The van der Waals surface area contributed by atoms with Crippen LogP contribution in [-0.2, 0) is 13.7 Å². The summed E-state index contributed by atoms with van der Waals surface area (Å²) < 4.78 is 13.7. The predicted octanol–water partition coefficient (Wildman–Crippen LogP) is 7.78. The summed E-state index contributed by atoms with van der Waals surface area (Å²) in [5.74, 6) is 2.24. The smallest absolute Gasteiger partial charge is 0.185 e. The Morgan fingerprint density at radius 3 is 2.24 bits per heavy atom. The van der Waals surface area contributed by atoms with Crippen LogP contribution >= 0.6 is 0 Å². The zero-order valence-electron chi connectivity index (χ0n) is 23.7. The predicted molar refractivity (Wildman–Crippen MR) is 147 cm³/mol. The molecule has 0 amide bonds. The molecule has 0 bridgehead atoms. The van der Waals surface area contributed by atoms with E-state index in [0.29, 0.717) is 17.4 Å². The first-order valence-electron chi connectivity index (χ1n) is 13.8. The summed E-state index contributed by atoms with van der Waals surface area (Å²) in [5, 5.41) is 4.51. The van der Waals surface area contributed by atoms with Crippen LogP contribution in [0.4, 0.5) is 0 Å². The van der Waals surface area contributed by atoms with E-state index in [1.165, 1.54) is 38.5 Å². The highest BCUT2D eigenvalue weighted by Crippen LogP contribution is 2.68. The average Bonchev–Trinajstić information content (AvgIpc) is 2.99. The van der Waals surface area contributed by atoms with Crippen molar-refractivity contribution >= 4 is 22.3 Å². The second kappa shape index (κ2) is 8.84. The number of fused-ring (bicyclic) bond motifs is 5. The van der Waals surface area contributed by atoms with Crippen molar-refractivity contribution in [2.45, 2.75) is 123 Å². The Balaban J connectivity index is 1.64. The van der Waals surface area contributed by atoms with Crippen LogP contribution in [0.15, 0.2) is 16.8 Å². The Bertz CT molecular complexity index is 844. The zero-order valence-corrected chi connectivity index (χ0v) is 25.7. The van der Waals surface area contributed by atoms with Gasteiger partial charge in [0.25, 0.3) is 0 Å². The number of oxime groups is 1. The summed E-state index contributed by atoms with van der Waals surface area (Å²) in [4.78, 5) is 5.32. The van der Waals surface area contributed by atoms with Crippen LogP contribution in [0.1, 0.15) is 72.1 Å². The van der Waals surface area contributed by atoms with E-state index in [9.17, 15) is 0 Å². The Morgan fingerprint density at radius 2 is 1.62 bits per heavy atom. The molecule has 0 saturated heterocycles. The zero-order chi connectivity index (χ0) is 25.2. The van der Waals surface area contributed by atoms with E-state index in [4.69, 9.17) is 13.7 Å². The first-order chi connectivity index (χ1) is 15.7. The lowest BCUT2D eigenvalue weighted by atomic mass is 9.46. The number of hydrogen-bond donors (Lipinski definition) is 0. The van der Waals surface area contributed by atoms with E-state index in [0.717, 1.165) is 30.4 Å². The van der Waals surface area contributed by atoms with Gasteiger partial charge in [0.05, 0.1) is 5.71 Å². The van der Waals surface area contributed by atoms with E-state index in [-0.39, 0.29) is 11.0 Å². The Labute approximate surface area is 211 Å². The molecule has 0 aromatic heterocycles. The van der Waals surface area contributed by atoms with Crippen LogP contribution in [0.3, 0.4) is 0 Å². The van der Waals surface area contributed by atoms with Crippen molar-refractivity contribution in [3.8, 4) is 0 Å². The maximum absolute atomic E-state index is 7.15. The molecule has 4 nitrogen and oxygen atoms in total. The fourth-order valence-electron chi connectivity index (χ4n) is 8.80. The minimum absolute atomic E-state index is 0.125. The quantitative estimate of drug-likeness (QED) is 0.160. The van der Waals surface area contributed by atoms with E-state index in [2.05, 4.69) is 71.3 Å². The molecule has 0 spiro atoms. The van der Waals surface area contributed by atoms with Gasteiger partial charge in [0.15, 0.2) is 16.6 Å². The van der Waals surface area contributed by atoms with Gasteiger partial charge in [-0.2, -0.15) is 0 Å². The van der Waals surface area contributed by atoms with Gasteiger partial charge in [0.1, 0.15) is 12.7 Å². The Kier molecular flexibility index (Phi) is 6.93. The SMILES string of the molecule is CO/N=C(\C)C1(O[Si](C)(C)C)CCC2C3CC=C4CC(O[Si](C)(C)C)CCC4(C)C3CCC21C. The molecule has 4 rings (SSSR count). The molecular formula is C28H51NO3Si2. The van der Waals surface area contributed by atoms with E-state index in [1.54, 1.807) is 12.7 Å². The van der Waals surface area contributed by atoms with Crippen molar-refractivity contribution < 1.29 is 13.7 Å². The van der Waals surface area contributed by atoms with Crippen molar-refractivity contribution in [1.82, 2.24) is 0 Å². The van der Waals surface area contributed by atoms with Gasteiger partial charge in [-0.05, 0) is 121 Å². The molecule has 194 valence electrons. The monoisotopic (exact) mass is 505 g/mol. The molecule has 4 aliphatic carbocycles. The van der Waals surface area contributed by atoms with E-state index >= 15 is 0 Å². The molecule has 3 saturated carbocycles. The molecule has 0 aromatic rings.